The first-order valence-corrected chi connectivity index (χ1v) is 4.41. The molecule has 0 spiro atoms. The lowest BCUT2D eigenvalue weighted by atomic mass is 10.3. The summed E-state index contributed by atoms with van der Waals surface area (Å²) in [7, 11) is 0. The van der Waals surface area contributed by atoms with Crippen LogP contribution in [0.25, 0.3) is 5.52 Å². The molecule has 0 aromatic carbocycles. The SMILES string of the molecule is N#Cc1ncn2cc(I)ccc12. The van der Waals surface area contributed by atoms with Gasteiger partial charge in [0.2, 0.25) is 0 Å². The first-order valence-electron chi connectivity index (χ1n) is 3.33. The van der Waals surface area contributed by atoms with Crippen molar-refractivity contribution in [2.75, 3.05) is 0 Å². The summed E-state index contributed by atoms with van der Waals surface area (Å²) in [5, 5.41) is 8.67. The zero-order chi connectivity index (χ0) is 8.55. The minimum atomic E-state index is 0.478. The molecule has 0 aliphatic rings. The molecule has 0 aliphatic carbocycles. The molecule has 3 nitrogen and oxygen atoms in total. The van der Waals surface area contributed by atoms with E-state index in [0.29, 0.717) is 5.69 Å². The van der Waals surface area contributed by atoms with Crippen LogP contribution in [0.2, 0.25) is 0 Å². The quantitative estimate of drug-likeness (QED) is 0.684. The molecule has 2 rings (SSSR count). The van der Waals surface area contributed by atoms with Gasteiger partial charge in [-0.05, 0) is 34.7 Å². The predicted octanol–water partition coefficient (Wildman–Crippen LogP) is 1.81. The van der Waals surface area contributed by atoms with Gasteiger partial charge in [0.1, 0.15) is 12.4 Å². The van der Waals surface area contributed by atoms with Gasteiger partial charge in [-0.15, -0.1) is 0 Å². The third-order valence-corrected chi connectivity index (χ3v) is 2.24. The molecule has 2 aromatic rings. The van der Waals surface area contributed by atoms with E-state index >= 15 is 0 Å². The Labute approximate surface area is 82.8 Å². The van der Waals surface area contributed by atoms with Crippen LogP contribution in [0.1, 0.15) is 5.69 Å². The molecule has 0 bridgehead atoms. The van der Waals surface area contributed by atoms with Crippen molar-refractivity contribution in [3.8, 4) is 6.07 Å². The second-order valence-electron chi connectivity index (χ2n) is 2.34. The maximum atomic E-state index is 8.67. The summed E-state index contributed by atoms with van der Waals surface area (Å²) in [5.74, 6) is 0. The van der Waals surface area contributed by atoms with E-state index in [1.165, 1.54) is 0 Å². The van der Waals surface area contributed by atoms with Crippen molar-refractivity contribution < 1.29 is 0 Å². The molecule has 58 valence electrons. The first-order chi connectivity index (χ1) is 5.81. The highest BCUT2D eigenvalue weighted by Gasteiger charge is 2.01. The summed E-state index contributed by atoms with van der Waals surface area (Å²) in [6.45, 7) is 0. The van der Waals surface area contributed by atoms with Crippen molar-refractivity contribution in [2.45, 2.75) is 0 Å². The molecular formula is C8H4IN3. The number of imidazole rings is 1. The van der Waals surface area contributed by atoms with Crippen molar-refractivity contribution in [1.82, 2.24) is 9.38 Å². The normalized spacial score (nSPS) is 10.0. The maximum absolute atomic E-state index is 8.67. The first kappa shape index (κ1) is 7.55. The van der Waals surface area contributed by atoms with E-state index < -0.39 is 0 Å². The summed E-state index contributed by atoms with van der Waals surface area (Å²) in [5.41, 5.74) is 1.34. The van der Waals surface area contributed by atoms with Crippen molar-refractivity contribution >= 4 is 28.1 Å². The number of fused-ring (bicyclic) bond motifs is 1. The molecule has 0 atom stereocenters. The van der Waals surface area contributed by atoms with Crippen LogP contribution < -0.4 is 0 Å². The van der Waals surface area contributed by atoms with E-state index in [2.05, 4.69) is 27.6 Å². The fourth-order valence-corrected chi connectivity index (χ4v) is 1.54. The zero-order valence-electron chi connectivity index (χ0n) is 6.03. The number of rotatable bonds is 0. The Kier molecular flexibility index (Phi) is 1.73. The summed E-state index contributed by atoms with van der Waals surface area (Å²) < 4.78 is 2.97. The van der Waals surface area contributed by atoms with Gasteiger partial charge in [0.25, 0.3) is 0 Å². The summed E-state index contributed by atoms with van der Waals surface area (Å²) in [4.78, 5) is 3.95. The average Bonchev–Trinajstić information content (AvgIpc) is 2.46. The average molecular weight is 269 g/mol. The summed E-state index contributed by atoms with van der Waals surface area (Å²) in [6.07, 6.45) is 3.58. The van der Waals surface area contributed by atoms with Gasteiger partial charge in [-0.25, -0.2) is 4.98 Å². The number of aromatic nitrogens is 2. The number of halogens is 1. The van der Waals surface area contributed by atoms with E-state index in [9.17, 15) is 0 Å². The summed E-state index contributed by atoms with van der Waals surface area (Å²) in [6, 6.07) is 5.89. The molecule has 12 heavy (non-hydrogen) atoms. The fraction of sp³-hybridized carbons (Fsp3) is 0. The lowest BCUT2D eigenvalue weighted by Gasteiger charge is -1.92. The number of nitriles is 1. The molecular weight excluding hydrogens is 265 g/mol. The Bertz CT molecular complexity index is 467. The number of hydrogen-bond donors (Lipinski definition) is 0. The van der Waals surface area contributed by atoms with Crippen LogP contribution in [0.4, 0.5) is 0 Å². The highest BCUT2D eigenvalue weighted by atomic mass is 127. The second-order valence-corrected chi connectivity index (χ2v) is 3.59. The van der Waals surface area contributed by atoms with Gasteiger partial charge >= 0.3 is 0 Å². The second kappa shape index (κ2) is 2.75. The Balaban J connectivity index is 2.84. The van der Waals surface area contributed by atoms with E-state index in [-0.39, 0.29) is 0 Å². The van der Waals surface area contributed by atoms with Crippen LogP contribution in [-0.2, 0) is 0 Å². The van der Waals surface area contributed by atoms with Crippen molar-refractivity contribution in [2.24, 2.45) is 0 Å². The van der Waals surface area contributed by atoms with Crippen LogP contribution in [0.15, 0.2) is 24.7 Å². The molecule has 0 saturated heterocycles. The van der Waals surface area contributed by atoms with Crippen LogP contribution in [-0.4, -0.2) is 9.38 Å². The highest BCUT2D eigenvalue weighted by molar-refractivity contribution is 14.1. The van der Waals surface area contributed by atoms with E-state index in [1.54, 1.807) is 6.33 Å². The van der Waals surface area contributed by atoms with Gasteiger partial charge in [0.15, 0.2) is 5.69 Å². The maximum Gasteiger partial charge on any atom is 0.166 e. The third kappa shape index (κ3) is 1.06. The Morgan fingerprint density at radius 3 is 3.08 bits per heavy atom. The zero-order valence-corrected chi connectivity index (χ0v) is 8.19. The van der Waals surface area contributed by atoms with Gasteiger partial charge in [-0.3, -0.25) is 0 Å². The van der Waals surface area contributed by atoms with E-state index in [1.807, 2.05) is 28.8 Å². The predicted molar refractivity (Wildman–Crippen MR) is 52.6 cm³/mol. The molecule has 4 heteroatoms. The van der Waals surface area contributed by atoms with Crippen LogP contribution in [0.5, 0.6) is 0 Å². The topological polar surface area (TPSA) is 41.1 Å². The highest BCUT2D eigenvalue weighted by Crippen LogP contribution is 2.11. The van der Waals surface area contributed by atoms with Crippen LogP contribution in [0, 0.1) is 14.9 Å². The van der Waals surface area contributed by atoms with Crippen LogP contribution in [0.3, 0.4) is 0 Å². The molecule has 0 amide bonds. The molecule has 2 heterocycles. The number of pyridine rings is 1. The Morgan fingerprint density at radius 1 is 1.50 bits per heavy atom. The van der Waals surface area contributed by atoms with Crippen molar-refractivity contribution in [1.29, 1.82) is 5.26 Å². The van der Waals surface area contributed by atoms with Crippen molar-refractivity contribution in [3.63, 3.8) is 0 Å². The molecule has 2 aromatic heterocycles. The molecule has 0 aliphatic heterocycles. The molecule has 0 N–H and O–H groups in total. The lowest BCUT2D eigenvalue weighted by Crippen LogP contribution is -1.83. The van der Waals surface area contributed by atoms with Gasteiger partial charge in [0.05, 0.1) is 5.52 Å². The number of hydrogen-bond acceptors (Lipinski definition) is 2. The van der Waals surface area contributed by atoms with Crippen LogP contribution >= 0.6 is 22.6 Å². The fourth-order valence-electron chi connectivity index (χ4n) is 1.06. The Morgan fingerprint density at radius 2 is 2.33 bits per heavy atom. The van der Waals surface area contributed by atoms with Gasteiger partial charge in [-0.1, -0.05) is 0 Å². The minimum Gasteiger partial charge on any atom is -0.304 e. The Hall–Kier alpha value is -1.09. The standard InChI is InChI=1S/C8H4IN3/c9-6-1-2-8-7(3-10)11-5-12(8)4-6/h1-2,4-5H. The van der Waals surface area contributed by atoms with E-state index in [0.717, 1.165) is 9.09 Å². The number of nitrogens with zero attached hydrogens (tertiary/aromatic N) is 3. The van der Waals surface area contributed by atoms with E-state index in [4.69, 9.17) is 5.26 Å². The summed E-state index contributed by atoms with van der Waals surface area (Å²) >= 11 is 2.22. The van der Waals surface area contributed by atoms with Gasteiger partial charge < -0.3 is 4.40 Å². The van der Waals surface area contributed by atoms with Crippen molar-refractivity contribution in [3.05, 3.63) is 33.9 Å². The smallest absolute Gasteiger partial charge is 0.166 e. The third-order valence-electron chi connectivity index (χ3n) is 1.60. The molecule has 0 saturated carbocycles. The molecule has 0 unspecified atom stereocenters. The monoisotopic (exact) mass is 269 g/mol. The minimum absolute atomic E-state index is 0.478. The van der Waals surface area contributed by atoms with Gasteiger partial charge in [-0.2, -0.15) is 5.26 Å². The lowest BCUT2D eigenvalue weighted by molar-refractivity contribution is 1.14. The molecule has 0 fully saturated rings. The van der Waals surface area contributed by atoms with Gasteiger partial charge in [0, 0.05) is 9.77 Å². The largest absolute Gasteiger partial charge is 0.304 e. The molecule has 0 radical (unpaired) electrons.